The van der Waals surface area contributed by atoms with Gasteiger partial charge in [-0.05, 0) is 25.6 Å². The van der Waals surface area contributed by atoms with Crippen molar-refractivity contribution in [3.8, 4) is 0 Å². The van der Waals surface area contributed by atoms with Crippen molar-refractivity contribution >= 4 is 22.2 Å². The number of nitrogens with one attached hydrogen (secondary N) is 1. The summed E-state index contributed by atoms with van der Waals surface area (Å²) in [5, 5.41) is 4.74. The highest BCUT2D eigenvalue weighted by Crippen LogP contribution is 2.25. The van der Waals surface area contributed by atoms with Gasteiger partial charge in [-0.3, -0.25) is 4.98 Å². The number of rotatable bonds is 5. The Balaban J connectivity index is 1.89. The first-order valence-corrected chi connectivity index (χ1v) is 8.14. The second-order valence-electron chi connectivity index (χ2n) is 5.11. The fourth-order valence-electron chi connectivity index (χ4n) is 2.58. The van der Waals surface area contributed by atoms with E-state index in [1.807, 2.05) is 17.6 Å². The molecule has 2 heterocycles. The zero-order chi connectivity index (χ0) is 14.7. The van der Waals surface area contributed by atoms with E-state index in [2.05, 4.69) is 48.4 Å². The van der Waals surface area contributed by atoms with Gasteiger partial charge in [0.05, 0.1) is 16.7 Å². The number of likely N-dealkylation sites (N-methyl/N-ethyl adjacent to an activating group) is 1. The van der Waals surface area contributed by atoms with Crippen molar-refractivity contribution in [3.05, 3.63) is 58.2 Å². The van der Waals surface area contributed by atoms with Crippen LogP contribution in [0.2, 0.25) is 0 Å². The molecular weight excluding hydrogens is 278 g/mol. The Bertz CT molecular complexity index is 735. The molecule has 0 saturated heterocycles. The lowest BCUT2D eigenvalue weighted by molar-refractivity contribution is 0.550. The minimum absolute atomic E-state index is 0.288. The van der Waals surface area contributed by atoms with Gasteiger partial charge < -0.3 is 5.32 Å². The van der Waals surface area contributed by atoms with Gasteiger partial charge in [0.15, 0.2) is 0 Å². The number of hydrogen-bond acceptors (Lipinski definition) is 4. The lowest BCUT2D eigenvalue weighted by Gasteiger charge is -2.17. The first-order valence-electron chi connectivity index (χ1n) is 7.26. The number of thiazole rings is 1. The molecule has 0 saturated carbocycles. The summed E-state index contributed by atoms with van der Waals surface area (Å²) in [5.74, 6) is 0. The molecule has 0 radical (unpaired) electrons. The number of aromatic nitrogens is 2. The summed E-state index contributed by atoms with van der Waals surface area (Å²) in [5.41, 5.74) is 5.22. The molecule has 21 heavy (non-hydrogen) atoms. The van der Waals surface area contributed by atoms with Crippen LogP contribution in [0, 0.1) is 6.92 Å². The lowest BCUT2D eigenvalue weighted by Crippen LogP contribution is -2.23. The molecule has 4 heteroatoms. The standard InChI is InChI=1S/C17H19N3S/c1-3-18-16(17-12(2)19-11-21-17)10-14-9-8-13-6-4-5-7-15(13)20-14/h4-9,11,16,18H,3,10H2,1-2H3. The maximum absolute atomic E-state index is 4.78. The van der Waals surface area contributed by atoms with Gasteiger partial charge in [-0.1, -0.05) is 31.2 Å². The van der Waals surface area contributed by atoms with Crippen LogP contribution in [0.5, 0.6) is 0 Å². The molecule has 0 spiro atoms. The molecule has 0 aliphatic heterocycles. The zero-order valence-electron chi connectivity index (χ0n) is 12.3. The molecule has 1 aromatic carbocycles. The smallest absolute Gasteiger partial charge is 0.0798 e. The van der Waals surface area contributed by atoms with Crippen LogP contribution in [0.25, 0.3) is 10.9 Å². The van der Waals surface area contributed by atoms with E-state index in [0.717, 1.165) is 29.9 Å². The van der Waals surface area contributed by atoms with Gasteiger partial charge in [0.1, 0.15) is 0 Å². The molecule has 0 aliphatic rings. The highest BCUT2D eigenvalue weighted by molar-refractivity contribution is 7.09. The molecule has 3 nitrogen and oxygen atoms in total. The molecule has 3 rings (SSSR count). The molecule has 0 amide bonds. The summed E-state index contributed by atoms with van der Waals surface area (Å²) in [6, 6.07) is 12.8. The van der Waals surface area contributed by atoms with E-state index in [-0.39, 0.29) is 6.04 Å². The van der Waals surface area contributed by atoms with Crippen LogP contribution < -0.4 is 5.32 Å². The molecule has 1 N–H and O–H groups in total. The predicted molar refractivity (Wildman–Crippen MR) is 88.7 cm³/mol. The SMILES string of the molecule is CCNC(Cc1ccc2ccccc2n1)c1scnc1C. The van der Waals surface area contributed by atoms with Gasteiger partial charge in [0.25, 0.3) is 0 Å². The summed E-state index contributed by atoms with van der Waals surface area (Å²) in [4.78, 5) is 10.5. The quantitative estimate of drug-likeness (QED) is 0.776. The lowest BCUT2D eigenvalue weighted by atomic mass is 10.1. The maximum Gasteiger partial charge on any atom is 0.0798 e. The van der Waals surface area contributed by atoms with Gasteiger partial charge in [-0.25, -0.2) is 4.98 Å². The number of fused-ring (bicyclic) bond motifs is 1. The van der Waals surface area contributed by atoms with Crippen LogP contribution in [0.3, 0.4) is 0 Å². The number of pyridine rings is 1. The summed E-state index contributed by atoms with van der Waals surface area (Å²) in [6.07, 6.45) is 0.891. The average molecular weight is 297 g/mol. The normalized spacial score (nSPS) is 12.7. The number of para-hydroxylation sites is 1. The molecule has 3 aromatic rings. The predicted octanol–water partition coefficient (Wildman–Crippen LogP) is 3.89. The van der Waals surface area contributed by atoms with E-state index in [4.69, 9.17) is 4.98 Å². The largest absolute Gasteiger partial charge is 0.309 e. The summed E-state index contributed by atoms with van der Waals surface area (Å²) >= 11 is 1.72. The van der Waals surface area contributed by atoms with Crippen LogP contribution in [-0.2, 0) is 6.42 Å². The molecule has 1 unspecified atom stereocenters. The van der Waals surface area contributed by atoms with Gasteiger partial charge in [-0.15, -0.1) is 11.3 Å². The maximum atomic E-state index is 4.78. The highest BCUT2D eigenvalue weighted by Gasteiger charge is 2.16. The Morgan fingerprint density at radius 2 is 2.05 bits per heavy atom. The van der Waals surface area contributed by atoms with Gasteiger partial charge in [0, 0.05) is 28.4 Å². The molecule has 2 aromatic heterocycles. The van der Waals surface area contributed by atoms with Crippen molar-refractivity contribution in [1.29, 1.82) is 0 Å². The summed E-state index contributed by atoms with van der Waals surface area (Å²) < 4.78 is 0. The van der Waals surface area contributed by atoms with E-state index in [1.165, 1.54) is 10.3 Å². The van der Waals surface area contributed by atoms with Gasteiger partial charge in [0.2, 0.25) is 0 Å². The first kappa shape index (κ1) is 14.2. The average Bonchev–Trinajstić information content (AvgIpc) is 2.93. The number of aryl methyl sites for hydroxylation is 1. The van der Waals surface area contributed by atoms with Crippen LogP contribution in [-0.4, -0.2) is 16.5 Å². The third-order valence-corrected chi connectivity index (χ3v) is 4.66. The minimum atomic E-state index is 0.288. The Labute approximate surface area is 129 Å². The summed E-state index contributed by atoms with van der Waals surface area (Å²) in [6.45, 7) is 5.15. The van der Waals surface area contributed by atoms with Gasteiger partial charge in [-0.2, -0.15) is 0 Å². The van der Waals surface area contributed by atoms with Crippen molar-refractivity contribution in [2.45, 2.75) is 26.3 Å². The molecule has 0 fully saturated rings. The van der Waals surface area contributed by atoms with Crippen LogP contribution in [0.1, 0.15) is 29.2 Å². The van der Waals surface area contributed by atoms with E-state index in [9.17, 15) is 0 Å². The van der Waals surface area contributed by atoms with Crippen LogP contribution >= 0.6 is 11.3 Å². The van der Waals surface area contributed by atoms with E-state index in [1.54, 1.807) is 11.3 Å². The molecule has 0 bridgehead atoms. The molecule has 1 atom stereocenters. The fraction of sp³-hybridized carbons (Fsp3) is 0.294. The number of hydrogen-bond donors (Lipinski definition) is 1. The summed E-state index contributed by atoms with van der Waals surface area (Å²) in [7, 11) is 0. The van der Waals surface area contributed by atoms with Crippen molar-refractivity contribution in [2.75, 3.05) is 6.54 Å². The highest BCUT2D eigenvalue weighted by atomic mass is 32.1. The first-order chi connectivity index (χ1) is 10.3. The second-order valence-corrected chi connectivity index (χ2v) is 6.00. The number of benzene rings is 1. The monoisotopic (exact) mass is 297 g/mol. The molecule has 108 valence electrons. The van der Waals surface area contributed by atoms with E-state index in [0.29, 0.717) is 0 Å². The molecular formula is C17H19N3S. The minimum Gasteiger partial charge on any atom is -0.309 e. The fourth-order valence-corrected chi connectivity index (χ4v) is 3.46. The van der Waals surface area contributed by atoms with Crippen LogP contribution in [0.15, 0.2) is 41.9 Å². The van der Waals surface area contributed by atoms with Crippen molar-refractivity contribution < 1.29 is 0 Å². The van der Waals surface area contributed by atoms with Crippen molar-refractivity contribution in [1.82, 2.24) is 15.3 Å². The Kier molecular flexibility index (Phi) is 4.27. The molecule has 0 aliphatic carbocycles. The zero-order valence-corrected chi connectivity index (χ0v) is 13.2. The third-order valence-electron chi connectivity index (χ3n) is 3.62. The third kappa shape index (κ3) is 3.12. The topological polar surface area (TPSA) is 37.8 Å². The van der Waals surface area contributed by atoms with E-state index >= 15 is 0 Å². The van der Waals surface area contributed by atoms with Gasteiger partial charge >= 0.3 is 0 Å². The Morgan fingerprint density at radius 1 is 1.19 bits per heavy atom. The number of nitrogens with zero attached hydrogens (tertiary/aromatic N) is 2. The van der Waals surface area contributed by atoms with Crippen molar-refractivity contribution in [2.24, 2.45) is 0 Å². The Hall–Kier alpha value is -1.78. The Morgan fingerprint density at radius 3 is 2.81 bits per heavy atom. The van der Waals surface area contributed by atoms with Crippen molar-refractivity contribution in [3.63, 3.8) is 0 Å². The van der Waals surface area contributed by atoms with E-state index < -0.39 is 0 Å². The second kappa shape index (κ2) is 6.33. The van der Waals surface area contributed by atoms with Crippen LogP contribution in [0.4, 0.5) is 0 Å².